The van der Waals surface area contributed by atoms with Crippen LogP contribution in [0.15, 0.2) is 18.3 Å². The van der Waals surface area contributed by atoms with Crippen LogP contribution in [-0.2, 0) is 17.7 Å². The number of rotatable bonds is 5. The van der Waals surface area contributed by atoms with Crippen LogP contribution < -0.4 is 5.73 Å². The molecule has 3 aromatic heterocycles. The number of aromatic nitrogens is 5. The van der Waals surface area contributed by atoms with Gasteiger partial charge in [0.05, 0.1) is 17.2 Å². The molecule has 1 aliphatic heterocycles. The molecule has 1 unspecified atom stereocenters. The van der Waals surface area contributed by atoms with Crippen LogP contribution in [0.25, 0.3) is 10.6 Å². The van der Waals surface area contributed by atoms with E-state index >= 15 is 0 Å². The van der Waals surface area contributed by atoms with E-state index in [4.69, 9.17) is 10.5 Å². The molecule has 1 atom stereocenters. The Morgan fingerprint density at radius 3 is 2.96 bits per heavy atom. The second kappa shape index (κ2) is 6.96. The van der Waals surface area contributed by atoms with Gasteiger partial charge in [-0.05, 0) is 31.4 Å². The van der Waals surface area contributed by atoms with Gasteiger partial charge in [0.2, 0.25) is 5.13 Å². The number of hydrogen-bond donors (Lipinski definition) is 1. The second-order valence-electron chi connectivity index (χ2n) is 5.71. The molecule has 0 aliphatic carbocycles. The molecule has 0 spiro atoms. The standard InChI is InChI=1S/C15H18N6OS2/c16-15-19-18-14(24-15)6-7-21-9-10(17-20-21)12-4-5-13(23-12)11-3-1-2-8-22-11/h4-5,9,11H,1-3,6-8H2,(H2,16,19). The highest BCUT2D eigenvalue weighted by Gasteiger charge is 2.19. The average Bonchev–Trinajstić information content (AvgIpc) is 3.34. The number of nitrogen functional groups attached to an aromatic ring is 1. The highest BCUT2D eigenvalue weighted by molar-refractivity contribution is 7.15. The Morgan fingerprint density at radius 2 is 2.17 bits per heavy atom. The minimum absolute atomic E-state index is 0.246. The first-order chi connectivity index (χ1) is 11.8. The Balaban J connectivity index is 1.41. The lowest BCUT2D eigenvalue weighted by atomic mass is 10.1. The molecule has 0 bridgehead atoms. The number of nitrogens with two attached hydrogens (primary N) is 1. The Morgan fingerprint density at radius 1 is 1.21 bits per heavy atom. The lowest BCUT2D eigenvalue weighted by Crippen LogP contribution is -2.09. The van der Waals surface area contributed by atoms with Crippen LogP contribution >= 0.6 is 22.7 Å². The molecule has 126 valence electrons. The maximum Gasteiger partial charge on any atom is 0.203 e. The number of ether oxygens (including phenoxy) is 1. The largest absolute Gasteiger partial charge is 0.374 e. The summed E-state index contributed by atoms with van der Waals surface area (Å²) >= 11 is 3.16. The van der Waals surface area contributed by atoms with E-state index in [-0.39, 0.29) is 6.10 Å². The predicted molar refractivity (Wildman–Crippen MR) is 93.9 cm³/mol. The fourth-order valence-corrected chi connectivity index (χ4v) is 4.37. The monoisotopic (exact) mass is 362 g/mol. The van der Waals surface area contributed by atoms with E-state index in [1.165, 1.54) is 29.1 Å². The topological polar surface area (TPSA) is 91.7 Å². The van der Waals surface area contributed by atoms with Gasteiger partial charge in [0.15, 0.2) is 0 Å². The number of hydrogen-bond acceptors (Lipinski definition) is 8. The van der Waals surface area contributed by atoms with Crippen molar-refractivity contribution in [2.24, 2.45) is 0 Å². The van der Waals surface area contributed by atoms with Gasteiger partial charge in [-0.1, -0.05) is 16.6 Å². The third kappa shape index (κ3) is 3.47. The van der Waals surface area contributed by atoms with Gasteiger partial charge in [-0.2, -0.15) is 0 Å². The highest BCUT2D eigenvalue weighted by atomic mass is 32.1. The summed E-state index contributed by atoms with van der Waals surface area (Å²) in [5.74, 6) is 0. The molecular weight excluding hydrogens is 344 g/mol. The van der Waals surface area contributed by atoms with Crippen molar-refractivity contribution in [2.45, 2.75) is 38.3 Å². The van der Waals surface area contributed by atoms with Crippen LogP contribution in [0.1, 0.15) is 35.3 Å². The van der Waals surface area contributed by atoms with E-state index in [1.807, 2.05) is 10.9 Å². The molecule has 0 saturated carbocycles. The summed E-state index contributed by atoms with van der Waals surface area (Å²) < 4.78 is 7.69. The number of thiophene rings is 1. The van der Waals surface area contributed by atoms with E-state index in [1.54, 1.807) is 11.3 Å². The summed E-state index contributed by atoms with van der Waals surface area (Å²) in [6.45, 7) is 1.58. The van der Waals surface area contributed by atoms with E-state index < -0.39 is 0 Å². The molecule has 2 N–H and O–H groups in total. The fourth-order valence-electron chi connectivity index (χ4n) is 2.73. The average molecular weight is 362 g/mol. The smallest absolute Gasteiger partial charge is 0.203 e. The Hall–Kier alpha value is -1.84. The van der Waals surface area contributed by atoms with Gasteiger partial charge in [0.25, 0.3) is 0 Å². The summed E-state index contributed by atoms with van der Waals surface area (Å²) in [4.78, 5) is 2.41. The quantitative estimate of drug-likeness (QED) is 0.750. The van der Waals surface area contributed by atoms with Gasteiger partial charge in [-0.15, -0.1) is 26.6 Å². The van der Waals surface area contributed by atoms with Crippen molar-refractivity contribution >= 4 is 27.8 Å². The molecule has 24 heavy (non-hydrogen) atoms. The van der Waals surface area contributed by atoms with Crippen molar-refractivity contribution < 1.29 is 4.74 Å². The lowest BCUT2D eigenvalue weighted by Gasteiger charge is -2.21. The lowest BCUT2D eigenvalue weighted by molar-refractivity contribution is 0.0172. The van der Waals surface area contributed by atoms with Crippen molar-refractivity contribution in [3.05, 3.63) is 28.2 Å². The molecule has 4 rings (SSSR count). The first kappa shape index (κ1) is 15.7. The third-order valence-corrected chi connectivity index (χ3v) is 5.96. The minimum atomic E-state index is 0.246. The zero-order valence-corrected chi connectivity index (χ0v) is 14.7. The molecule has 1 fully saturated rings. The van der Waals surface area contributed by atoms with Crippen molar-refractivity contribution in [1.29, 1.82) is 0 Å². The van der Waals surface area contributed by atoms with Gasteiger partial charge >= 0.3 is 0 Å². The Bertz CT molecular complexity index is 804. The second-order valence-corrected chi connectivity index (χ2v) is 7.92. The van der Waals surface area contributed by atoms with Crippen LogP contribution in [0.4, 0.5) is 5.13 Å². The van der Waals surface area contributed by atoms with Crippen molar-refractivity contribution in [1.82, 2.24) is 25.2 Å². The van der Waals surface area contributed by atoms with E-state index in [2.05, 4.69) is 32.6 Å². The van der Waals surface area contributed by atoms with Crippen molar-refractivity contribution in [3.8, 4) is 10.6 Å². The van der Waals surface area contributed by atoms with Crippen LogP contribution in [0.2, 0.25) is 0 Å². The molecular formula is C15H18N6OS2. The molecule has 9 heteroatoms. The first-order valence-corrected chi connectivity index (χ1v) is 9.61. The normalized spacial score (nSPS) is 18.1. The summed E-state index contributed by atoms with van der Waals surface area (Å²) in [7, 11) is 0. The maximum atomic E-state index is 5.86. The predicted octanol–water partition coefficient (Wildman–Crippen LogP) is 2.92. The maximum absolute atomic E-state index is 5.86. The first-order valence-electron chi connectivity index (χ1n) is 7.97. The number of nitrogens with zero attached hydrogens (tertiary/aromatic N) is 5. The molecule has 0 amide bonds. The zero-order valence-electron chi connectivity index (χ0n) is 13.1. The molecule has 1 aliphatic rings. The van der Waals surface area contributed by atoms with Gasteiger partial charge in [0.1, 0.15) is 10.7 Å². The van der Waals surface area contributed by atoms with Gasteiger partial charge in [0, 0.05) is 24.4 Å². The number of aryl methyl sites for hydroxylation is 2. The highest BCUT2D eigenvalue weighted by Crippen LogP contribution is 2.35. The third-order valence-electron chi connectivity index (χ3n) is 3.95. The summed E-state index contributed by atoms with van der Waals surface area (Å²) in [6, 6.07) is 4.26. The summed E-state index contributed by atoms with van der Waals surface area (Å²) in [5, 5.41) is 17.7. The van der Waals surface area contributed by atoms with E-state index in [9.17, 15) is 0 Å². The van der Waals surface area contributed by atoms with Crippen molar-refractivity contribution in [2.75, 3.05) is 12.3 Å². The SMILES string of the molecule is Nc1nnc(CCn2cc(-c3ccc(C4CCCCO4)s3)nn2)s1. The van der Waals surface area contributed by atoms with Gasteiger partial charge in [-0.25, -0.2) is 0 Å². The molecule has 0 radical (unpaired) electrons. The van der Waals surface area contributed by atoms with Crippen LogP contribution in [0.3, 0.4) is 0 Å². The van der Waals surface area contributed by atoms with Gasteiger partial charge in [-0.3, -0.25) is 4.68 Å². The van der Waals surface area contributed by atoms with Gasteiger partial charge < -0.3 is 10.5 Å². The fraction of sp³-hybridized carbons (Fsp3) is 0.467. The summed E-state index contributed by atoms with van der Waals surface area (Å²) in [6.07, 6.45) is 6.49. The number of anilines is 1. The molecule has 0 aromatic carbocycles. The minimum Gasteiger partial charge on any atom is -0.374 e. The van der Waals surface area contributed by atoms with Crippen LogP contribution in [-0.4, -0.2) is 31.8 Å². The molecule has 7 nitrogen and oxygen atoms in total. The van der Waals surface area contributed by atoms with E-state index in [0.717, 1.165) is 35.0 Å². The molecule has 4 heterocycles. The van der Waals surface area contributed by atoms with Crippen molar-refractivity contribution in [3.63, 3.8) is 0 Å². The Kier molecular flexibility index (Phi) is 4.54. The van der Waals surface area contributed by atoms with Crippen LogP contribution in [0, 0.1) is 0 Å². The summed E-state index contributed by atoms with van der Waals surface area (Å²) in [5.41, 5.74) is 6.49. The molecule has 3 aromatic rings. The zero-order chi connectivity index (χ0) is 16.4. The van der Waals surface area contributed by atoms with E-state index in [0.29, 0.717) is 11.7 Å². The Labute approximate surface area is 147 Å². The molecule has 1 saturated heterocycles. The van der Waals surface area contributed by atoms with Crippen LogP contribution in [0.5, 0.6) is 0 Å².